The summed E-state index contributed by atoms with van der Waals surface area (Å²) in [6, 6.07) is 4.19. The van der Waals surface area contributed by atoms with Gasteiger partial charge in [0.2, 0.25) is 0 Å². The third-order valence-corrected chi connectivity index (χ3v) is 3.13. The average molecular weight is 277 g/mol. The van der Waals surface area contributed by atoms with Crippen molar-refractivity contribution in [2.45, 2.75) is 45.8 Å². The Labute approximate surface area is 120 Å². The number of anilines is 1. The van der Waals surface area contributed by atoms with Crippen LogP contribution in [0.3, 0.4) is 0 Å². The third-order valence-electron chi connectivity index (χ3n) is 3.13. The minimum atomic E-state index is -0.457. The van der Waals surface area contributed by atoms with Crippen LogP contribution in [0.2, 0.25) is 0 Å². The molecule has 1 amide bonds. The molecule has 0 saturated carbocycles. The van der Waals surface area contributed by atoms with Crippen molar-refractivity contribution >= 4 is 11.9 Å². The SMILES string of the molecule is Cc1ccc(N2CC[C@H](NC(=O)OC(C)(C)C)C2)nc1. The van der Waals surface area contributed by atoms with E-state index in [9.17, 15) is 4.79 Å². The summed E-state index contributed by atoms with van der Waals surface area (Å²) < 4.78 is 5.27. The number of pyridine rings is 1. The number of aromatic nitrogens is 1. The van der Waals surface area contributed by atoms with Gasteiger partial charge in [-0.2, -0.15) is 0 Å². The number of rotatable bonds is 2. The molecule has 1 aliphatic heterocycles. The Hall–Kier alpha value is -1.78. The Balaban J connectivity index is 1.86. The van der Waals surface area contributed by atoms with Gasteiger partial charge in [-0.15, -0.1) is 0 Å². The number of hydrogen-bond donors (Lipinski definition) is 1. The van der Waals surface area contributed by atoms with E-state index in [2.05, 4.69) is 21.3 Å². The summed E-state index contributed by atoms with van der Waals surface area (Å²) in [6.07, 6.45) is 2.43. The van der Waals surface area contributed by atoms with Crippen molar-refractivity contribution in [2.75, 3.05) is 18.0 Å². The lowest BCUT2D eigenvalue weighted by Crippen LogP contribution is -2.40. The topological polar surface area (TPSA) is 54.5 Å². The Morgan fingerprint density at radius 3 is 2.80 bits per heavy atom. The van der Waals surface area contributed by atoms with Crippen LogP contribution in [0.25, 0.3) is 0 Å². The molecule has 0 bridgehead atoms. The van der Waals surface area contributed by atoms with E-state index in [0.29, 0.717) is 0 Å². The van der Waals surface area contributed by atoms with Crippen molar-refractivity contribution in [3.05, 3.63) is 23.9 Å². The number of alkyl carbamates (subject to hydrolysis) is 1. The highest BCUT2D eigenvalue weighted by Crippen LogP contribution is 2.18. The predicted octanol–water partition coefficient (Wildman–Crippen LogP) is 2.49. The molecule has 1 saturated heterocycles. The zero-order chi connectivity index (χ0) is 14.8. The summed E-state index contributed by atoms with van der Waals surface area (Å²) >= 11 is 0. The Morgan fingerprint density at radius 2 is 2.20 bits per heavy atom. The van der Waals surface area contributed by atoms with Crippen LogP contribution in [0.1, 0.15) is 32.8 Å². The zero-order valence-corrected chi connectivity index (χ0v) is 12.6. The maximum Gasteiger partial charge on any atom is 0.407 e. The molecule has 2 heterocycles. The number of nitrogens with one attached hydrogen (secondary N) is 1. The highest BCUT2D eigenvalue weighted by molar-refractivity contribution is 5.68. The molecule has 1 aromatic heterocycles. The second-order valence-electron chi connectivity index (χ2n) is 6.27. The van der Waals surface area contributed by atoms with Crippen LogP contribution in [0.15, 0.2) is 18.3 Å². The van der Waals surface area contributed by atoms with Gasteiger partial charge in [0.15, 0.2) is 0 Å². The molecular formula is C15H23N3O2. The molecule has 5 nitrogen and oxygen atoms in total. The zero-order valence-electron chi connectivity index (χ0n) is 12.6. The van der Waals surface area contributed by atoms with Crippen molar-refractivity contribution < 1.29 is 9.53 Å². The number of aryl methyl sites for hydroxylation is 1. The number of carbonyl (C=O) groups is 1. The van der Waals surface area contributed by atoms with Crippen LogP contribution in [-0.4, -0.2) is 35.8 Å². The normalized spacial score (nSPS) is 19.0. The first-order chi connectivity index (χ1) is 9.33. The third kappa shape index (κ3) is 4.11. The highest BCUT2D eigenvalue weighted by Gasteiger charge is 2.26. The molecule has 1 atom stereocenters. The maximum atomic E-state index is 11.7. The fraction of sp³-hybridized carbons (Fsp3) is 0.600. The van der Waals surface area contributed by atoms with Gasteiger partial charge in [-0.25, -0.2) is 9.78 Å². The van der Waals surface area contributed by atoms with E-state index in [1.165, 1.54) is 0 Å². The summed E-state index contributed by atoms with van der Waals surface area (Å²) in [5, 5.41) is 2.92. The molecule has 0 unspecified atom stereocenters. The van der Waals surface area contributed by atoms with Crippen LogP contribution in [0, 0.1) is 6.92 Å². The summed E-state index contributed by atoms with van der Waals surface area (Å²) in [6.45, 7) is 9.29. The molecule has 1 fully saturated rings. The van der Waals surface area contributed by atoms with Gasteiger partial charge >= 0.3 is 6.09 Å². The molecule has 1 aromatic rings. The lowest BCUT2D eigenvalue weighted by Gasteiger charge is -2.22. The number of hydrogen-bond acceptors (Lipinski definition) is 4. The molecule has 1 aliphatic rings. The summed E-state index contributed by atoms with van der Waals surface area (Å²) in [5.74, 6) is 0.962. The van der Waals surface area contributed by atoms with E-state index < -0.39 is 5.60 Å². The van der Waals surface area contributed by atoms with Gasteiger partial charge in [0.05, 0.1) is 6.04 Å². The maximum absolute atomic E-state index is 11.7. The van der Waals surface area contributed by atoms with E-state index in [0.717, 1.165) is 30.9 Å². The molecule has 1 N–H and O–H groups in total. The highest BCUT2D eigenvalue weighted by atomic mass is 16.6. The smallest absolute Gasteiger partial charge is 0.407 e. The van der Waals surface area contributed by atoms with Crippen molar-refractivity contribution in [2.24, 2.45) is 0 Å². The van der Waals surface area contributed by atoms with Crippen molar-refractivity contribution in [1.82, 2.24) is 10.3 Å². The predicted molar refractivity (Wildman–Crippen MR) is 79.0 cm³/mol. The van der Waals surface area contributed by atoms with Crippen LogP contribution < -0.4 is 10.2 Å². The molecular weight excluding hydrogens is 254 g/mol. The second kappa shape index (κ2) is 5.69. The second-order valence-corrected chi connectivity index (χ2v) is 6.27. The lowest BCUT2D eigenvalue weighted by atomic mass is 10.2. The van der Waals surface area contributed by atoms with Gasteiger partial charge in [-0.05, 0) is 45.7 Å². The van der Waals surface area contributed by atoms with Gasteiger partial charge in [-0.1, -0.05) is 6.07 Å². The fourth-order valence-electron chi connectivity index (χ4n) is 2.21. The van der Waals surface area contributed by atoms with Crippen LogP contribution in [0.4, 0.5) is 10.6 Å². The molecule has 0 aromatic carbocycles. The Morgan fingerprint density at radius 1 is 1.45 bits per heavy atom. The van der Waals surface area contributed by atoms with Crippen molar-refractivity contribution in [1.29, 1.82) is 0 Å². The quantitative estimate of drug-likeness (QED) is 0.902. The van der Waals surface area contributed by atoms with Crippen molar-refractivity contribution in [3.8, 4) is 0 Å². The molecule has 0 radical (unpaired) electrons. The first-order valence-corrected chi connectivity index (χ1v) is 7.00. The summed E-state index contributed by atoms with van der Waals surface area (Å²) in [7, 11) is 0. The van der Waals surface area contributed by atoms with Crippen LogP contribution in [-0.2, 0) is 4.74 Å². The van der Waals surface area contributed by atoms with Crippen molar-refractivity contribution in [3.63, 3.8) is 0 Å². The first kappa shape index (κ1) is 14.6. The number of ether oxygens (including phenoxy) is 1. The molecule has 20 heavy (non-hydrogen) atoms. The standard InChI is InChI=1S/C15H23N3O2/c1-11-5-6-13(16-9-11)18-8-7-12(10-18)17-14(19)20-15(2,3)4/h5-6,9,12H,7-8,10H2,1-4H3,(H,17,19)/t12-/m0/s1. The van der Waals surface area contributed by atoms with Gasteiger partial charge in [0, 0.05) is 19.3 Å². The van der Waals surface area contributed by atoms with E-state index in [-0.39, 0.29) is 12.1 Å². The Bertz CT molecular complexity index is 465. The largest absolute Gasteiger partial charge is 0.444 e. The van der Waals surface area contributed by atoms with Gasteiger partial charge in [-0.3, -0.25) is 0 Å². The summed E-state index contributed by atoms with van der Waals surface area (Å²) in [4.78, 5) is 18.3. The monoisotopic (exact) mass is 277 g/mol. The minimum absolute atomic E-state index is 0.118. The first-order valence-electron chi connectivity index (χ1n) is 7.00. The molecule has 0 spiro atoms. The van der Waals surface area contributed by atoms with Crippen LogP contribution in [0.5, 0.6) is 0 Å². The Kier molecular flexibility index (Phi) is 4.16. The van der Waals surface area contributed by atoms with Gasteiger partial charge in [0.1, 0.15) is 11.4 Å². The number of nitrogens with zero attached hydrogens (tertiary/aromatic N) is 2. The molecule has 0 aliphatic carbocycles. The van der Waals surface area contributed by atoms with Gasteiger partial charge < -0.3 is 15.0 Å². The molecule has 5 heteroatoms. The van der Waals surface area contributed by atoms with E-state index >= 15 is 0 Å². The van der Waals surface area contributed by atoms with Gasteiger partial charge in [0.25, 0.3) is 0 Å². The molecule has 110 valence electrons. The van der Waals surface area contributed by atoms with E-state index in [1.54, 1.807) is 0 Å². The number of carbonyl (C=O) groups excluding carboxylic acids is 1. The minimum Gasteiger partial charge on any atom is -0.444 e. The van der Waals surface area contributed by atoms with E-state index in [4.69, 9.17) is 4.74 Å². The number of amides is 1. The fourth-order valence-corrected chi connectivity index (χ4v) is 2.21. The average Bonchev–Trinajstić information content (AvgIpc) is 2.75. The molecule has 2 rings (SSSR count). The van der Waals surface area contributed by atoms with Crippen LogP contribution >= 0.6 is 0 Å². The lowest BCUT2D eigenvalue weighted by molar-refractivity contribution is 0.0509. The summed E-state index contributed by atoms with van der Waals surface area (Å²) in [5.41, 5.74) is 0.692. The van der Waals surface area contributed by atoms with E-state index in [1.807, 2.05) is 40.0 Å².